The number of H-pyrrole nitrogens is 1. The van der Waals surface area contributed by atoms with Gasteiger partial charge in [0.2, 0.25) is 0 Å². The molecule has 5 heteroatoms. The van der Waals surface area contributed by atoms with Crippen molar-refractivity contribution in [3.05, 3.63) is 28.0 Å². The maximum Gasteiger partial charge on any atom is 0.178 e. The minimum Gasteiger partial charge on any atom is -0.379 e. The number of nitrogens with one attached hydrogen (secondary N) is 1. The Hall–Kier alpha value is -0.840. The lowest BCUT2D eigenvalue weighted by molar-refractivity contribution is 0.0755. The van der Waals surface area contributed by atoms with Gasteiger partial charge < -0.3 is 14.3 Å². The molecule has 0 bridgehead atoms. The molecule has 1 N–H and O–H groups in total. The van der Waals surface area contributed by atoms with Crippen molar-refractivity contribution >= 4 is 34.9 Å². The zero-order valence-corrected chi connectivity index (χ0v) is 12.9. The number of nitrogens with zero attached hydrogens (tertiary/aromatic N) is 1. The Morgan fingerprint density at radius 3 is 2.89 bits per heavy atom. The highest BCUT2D eigenvalue weighted by atomic mass is 35.5. The van der Waals surface area contributed by atoms with E-state index in [1.54, 1.807) is 0 Å². The molecule has 0 aliphatic heterocycles. The summed E-state index contributed by atoms with van der Waals surface area (Å²) in [6.07, 6.45) is 2.38. The van der Waals surface area contributed by atoms with Crippen LogP contribution in [0.2, 0.25) is 5.02 Å². The molecule has 2 rings (SSSR count). The van der Waals surface area contributed by atoms with Gasteiger partial charge in [-0.15, -0.1) is 0 Å². The monoisotopic (exact) mass is 298 g/mol. The molecule has 1 heterocycles. The molecule has 1 aromatic heterocycles. The molecule has 104 valence electrons. The van der Waals surface area contributed by atoms with E-state index in [0.717, 1.165) is 41.8 Å². The van der Waals surface area contributed by atoms with E-state index in [-0.39, 0.29) is 0 Å². The van der Waals surface area contributed by atoms with Crippen LogP contribution in [0.5, 0.6) is 0 Å². The van der Waals surface area contributed by atoms with Crippen molar-refractivity contribution in [3.63, 3.8) is 0 Å². The summed E-state index contributed by atoms with van der Waals surface area (Å²) in [7, 11) is 0. The second-order valence-corrected chi connectivity index (χ2v) is 5.64. The normalized spacial score (nSPS) is 11.6. The van der Waals surface area contributed by atoms with Gasteiger partial charge in [0.25, 0.3) is 0 Å². The van der Waals surface area contributed by atoms with Crippen LogP contribution >= 0.6 is 23.8 Å². The summed E-state index contributed by atoms with van der Waals surface area (Å²) in [6, 6.07) is 5.86. The number of unbranched alkanes of at least 4 members (excludes halogenated alkanes) is 1. The number of imidazole rings is 1. The van der Waals surface area contributed by atoms with E-state index in [0.29, 0.717) is 11.1 Å². The number of para-hydroxylation sites is 1. The highest BCUT2D eigenvalue weighted by Crippen LogP contribution is 2.22. The van der Waals surface area contributed by atoms with E-state index in [9.17, 15) is 0 Å². The van der Waals surface area contributed by atoms with Crippen LogP contribution in [0.15, 0.2) is 18.2 Å². The number of hydrogen-bond acceptors (Lipinski definition) is 2. The molecule has 0 aliphatic rings. The predicted molar refractivity (Wildman–Crippen MR) is 82.5 cm³/mol. The first kappa shape index (κ1) is 14.6. The highest BCUT2D eigenvalue weighted by Gasteiger charge is 2.06. The number of rotatable bonds is 6. The Balaban J connectivity index is 2.03. The fourth-order valence-electron chi connectivity index (χ4n) is 2.06. The Morgan fingerprint density at radius 1 is 1.37 bits per heavy atom. The molecule has 0 amide bonds. The highest BCUT2D eigenvalue weighted by molar-refractivity contribution is 7.71. The zero-order valence-electron chi connectivity index (χ0n) is 11.3. The summed E-state index contributed by atoms with van der Waals surface area (Å²) in [6.45, 7) is 5.80. The molecular formula is C14H19ClN2OS. The first-order chi connectivity index (χ1) is 9.09. The van der Waals surface area contributed by atoms with Crippen molar-refractivity contribution in [2.24, 2.45) is 0 Å². The fourth-order valence-corrected chi connectivity index (χ4v) is 2.57. The fraction of sp³-hybridized carbons (Fsp3) is 0.500. The molecule has 0 unspecified atom stereocenters. The summed E-state index contributed by atoms with van der Waals surface area (Å²) in [5.74, 6) is 0. The molecule has 1 aromatic carbocycles. The van der Waals surface area contributed by atoms with Crippen molar-refractivity contribution in [1.29, 1.82) is 0 Å². The Kier molecular flexibility index (Phi) is 5.02. The van der Waals surface area contributed by atoms with Gasteiger partial charge in [0.15, 0.2) is 4.77 Å². The van der Waals surface area contributed by atoms with E-state index >= 15 is 0 Å². The number of aromatic nitrogens is 2. The average molecular weight is 299 g/mol. The van der Waals surface area contributed by atoms with Crippen LogP contribution in [0.3, 0.4) is 0 Å². The van der Waals surface area contributed by atoms with Crippen molar-refractivity contribution < 1.29 is 4.74 Å². The maximum atomic E-state index is 6.15. The van der Waals surface area contributed by atoms with Crippen LogP contribution in [0.4, 0.5) is 0 Å². The number of aryl methyl sites for hydroxylation is 1. The van der Waals surface area contributed by atoms with Crippen molar-refractivity contribution in [2.75, 3.05) is 6.61 Å². The van der Waals surface area contributed by atoms with Crippen molar-refractivity contribution in [3.8, 4) is 0 Å². The summed E-state index contributed by atoms with van der Waals surface area (Å²) < 4.78 is 8.37. The molecule has 3 nitrogen and oxygen atoms in total. The Labute approximate surface area is 123 Å². The number of ether oxygens (including phenoxy) is 1. The SMILES string of the molecule is CC(C)OCCCCn1c(=S)[nH]c2c(Cl)cccc21. The predicted octanol–water partition coefficient (Wildman–Crippen LogP) is 4.56. The number of aromatic amines is 1. The third-order valence-electron chi connectivity index (χ3n) is 2.99. The first-order valence-corrected chi connectivity index (χ1v) is 7.37. The molecule has 0 saturated carbocycles. The van der Waals surface area contributed by atoms with Crippen molar-refractivity contribution in [1.82, 2.24) is 9.55 Å². The number of halogens is 1. The third-order valence-corrected chi connectivity index (χ3v) is 3.62. The van der Waals surface area contributed by atoms with Crippen LogP contribution in [-0.2, 0) is 11.3 Å². The summed E-state index contributed by atoms with van der Waals surface area (Å²) >= 11 is 11.5. The van der Waals surface area contributed by atoms with Crippen molar-refractivity contribution in [2.45, 2.75) is 39.3 Å². The van der Waals surface area contributed by atoms with Gasteiger partial charge in [-0.25, -0.2) is 0 Å². The van der Waals surface area contributed by atoms with Crippen LogP contribution in [0.25, 0.3) is 11.0 Å². The lowest BCUT2D eigenvalue weighted by atomic mass is 10.3. The van der Waals surface area contributed by atoms with Gasteiger partial charge in [-0.1, -0.05) is 17.7 Å². The van der Waals surface area contributed by atoms with Crippen LogP contribution in [0, 0.1) is 4.77 Å². The van der Waals surface area contributed by atoms with E-state index in [1.807, 2.05) is 18.2 Å². The summed E-state index contributed by atoms with van der Waals surface area (Å²) in [4.78, 5) is 3.17. The lowest BCUT2D eigenvalue weighted by Crippen LogP contribution is -2.05. The molecule has 0 fully saturated rings. The van der Waals surface area contributed by atoms with E-state index < -0.39 is 0 Å². The van der Waals surface area contributed by atoms with Gasteiger partial charge >= 0.3 is 0 Å². The van der Waals surface area contributed by atoms with E-state index in [4.69, 9.17) is 28.6 Å². The smallest absolute Gasteiger partial charge is 0.178 e. The number of benzene rings is 1. The van der Waals surface area contributed by atoms with Gasteiger partial charge in [-0.05, 0) is 51.0 Å². The zero-order chi connectivity index (χ0) is 13.8. The molecular weight excluding hydrogens is 280 g/mol. The van der Waals surface area contributed by atoms with Gasteiger partial charge in [0.05, 0.1) is 22.2 Å². The van der Waals surface area contributed by atoms with Crippen LogP contribution < -0.4 is 0 Å². The molecule has 2 aromatic rings. The molecule has 0 aliphatic carbocycles. The topological polar surface area (TPSA) is 29.9 Å². The van der Waals surface area contributed by atoms with Gasteiger partial charge in [0.1, 0.15) is 0 Å². The van der Waals surface area contributed by atoms with E-state index in [2.05, 4.69) is 23.4 Å². The molecule has 0 atom stereocenters. The van der Waals surface area contributed by atoms with Crippen LogP contribution in [-0.4, -0.2) is 22.3 Å². The lowest BCUT2D eigenvalue weighted by Gasteiger charge is -2.08. The molecule has 19 heavy (non-hydrogen) atoms. The van der Waals surface area contributed by atoms with Gasteiger partial charge in [0, 0.05) is 13.2 Å². The quantitative estimate of drug-likeness (QED) is 0.626. The minimum atomic E-state index is 0.300. The minimum absolute atomic E-state index is 0.300. The number of hydrogen-bond donors (Lipinski definition) is 1. The number of fused-ring (bicyclic) bond motifs is 1. The Bertz CT molecular complexity index is 603. The van der Waals surface area contributed by atoms with Gasteiger partial charge in [-0.3, -0.25) is 0 Å². The largest absolute Gasteiger partial charge is 0.379 e. The molecule has 0 spiro atoms. The van der Waals surface area contributed by atoms with Crippen LogP contribution in [0.1, 0.15) is 26.7 Å². The summed E-state index contributed by atoms with van der Waals surface area (Å²) in [5, 5.41) is 0.713. The standard InChI is InChI=1S/C14H19ClN2OS/c1-10(2)18-9-4-3-8-17-12-7-5-6-11(15)13(12)16-14(17)19/h5-7,10H,3-4,8-9H2,1-2H3,(H,16,19). The average Bonchev–Trinajstić information content (AvgIpc) is 2.67. The van der Waals surface area contributed by atoms with E-state index in [1.165, 1.54) is 0 Å². The van der Waals surface area contributed by atoms with Gasteiger partial charge in [-0.2, -0.15) is 0 Å². The second kappa shape index (κ2) is 6.55. The molecule has 0 radical (unpaired) electrons. The third kappa shape index (κ3) is 3.59. The molecule has 0 saturated heterocycles. The Morgan fingerprint density at radius 2 is 2.16 bits per heavy atom. The second-order valence-electron chi connectivity index (χ2n) is 4.84. The summed E-state index contributed by atoms with van der Waals surface area (Å²) in [5.41, 5.74) is 2.00. The first-order valence-electron chi connectivity index (χ1n) is 6.58. The maximum absolute atomic E-state index is 6.15.